The molecule has 0 saturated carbocycles. The van der Waals surface area contributed by atoms with Crippen molar-refractivity contribution in [2.24, 2.45) is 5.73 Å². The Kier molecular flexibility index (Phi) is 4.02. The predicted molar refractivity (Wildman–Crippen MR) is 73.2 cm³/mol. The molecule has 0 spiro atoms. The smallest absolute Gasteiger partial charge is 0.234 e. The molecular formula is C15H22N2O. The van der Waals surface area contributed by atoms with E-state index in [2.05, 4.69) is 36.9 Å². The van der Waals surface area contributed by atoms with Crippen molar-refractivity contribution in [2.75, 3.05) is 6.54 Å². The van der Waals surface area contributed by atoms with Gasteiger partial charge in [-0.05, 0) is 44.4 Å². The minimum absolute atomic E-state index is 0.0846. The molecule has 1 aliphatic heterocycles. The molecule has 98 valence electrons. The Morgan fingerprint density at radius 2 is 2.17 bits per heavy atom. The molecule has 2 N–H and O–H groups in total. The van der Waals surface area contributed by atoms with Crippen LogP contribution < -0.4 is 5.73 Å². The summed E-state index contributed by atoms with van der Waals surface area (Å²) in [5, 5.41) is 0. The van der Waals surface area contributed by atoms with Gasteiger partial charge in [0.15, 0.2) is 0 Å². The molecule has 1 atom stereocenters. The molecule has 3 nitrogen and oxygen atoms in total. The summed E-state index contributed by atoms with van der Waals surface area (Å²) in [7, 11) is 0. The molecule has 1 heterocycles. The maximum atomic E-state index is 11.5. The molecular weight excluding hydrogens is 224 g/mol. The van der Waals surface area contributed by atoms with Crippen LogP contribution in [0, 0.1) is 13.8 Å². The van der Waals surface area contributed by atoms with Crippen LogP contribution in [0.1, 0.15) is 36.0 Å². The Morgan fingerprint density at radius 1 is 1.39 bits per heavy atom. The zero-order valence-electron chi connectivity index (χ0n) is 11.3. The van der Waals surface area contributed by atoms with Gasteiger partial charge in [-0.3, -0.25) is 9.69 Å². The topological polar surface area (TPSA) is 46.3 Å². The van der Waals surface area contributed by atoms with Gasteiger partial charge in [-0.15, -0.1) is 0 Å². The maximum absolute atomic E-state index is 11.5. The zero-order valence-corrected chi connectivity index (χ0v) is 11.3. The molecule has 0 bridgehead atoms. The standard InChI is InChI=1S/C15H22N2O/c1-11-6-7-12(2)13(9-11)10-17-8-4-3-5-14(17)15(16)18/h6-7,9,14H,3-5,8,10H2,1-2H3,(H2,16,18)/t14-/m0/s1. The summed E-state index contributed by atoms with van der Waals surface area (Å²) in [5.74, 6) is -0.181. The highest BCUT2D eigenvalue weighted by Crippen LogP contribution is 2.21. The van der Waals surface area contributed by atoms with Crippen molar-refractivity contribution in [1.29, 1.82) is 0 Å². The number of amides is 1. The molecule has 0 aromatic heterocycles. The Bertz CT molecular complexity index is 442. The van der Waals surface area contributed by atoms with Crippen molar-refractivity contribution < 1.29 is 4.79 Å². The summed E-state index contributed by atoms with van der Waals surface area (Å²) in [5.41, 5.74) is 9.36. The number of piperidine rings is 1. The van der Waals surface area contributed by atoms with Crippen LogP contribution in [0.2, 0.25) is 0 Å². The Morgan fingerprint density at radius 3 is 2.89 bits per heavy atom. The highest BCUT2D eigenvalue weighted by Gasteiger charge is 2.26. The van der Waals surface area contributed by atoms with E-state index in [1.165, 1.54) is 16.7 Å². The van der Waals surface area contributed by atoms with Gasteiger partial charge in [0.05, 0.1) is 6.04 Å². The molecule has 3 heteroatoms. The molecule has 1 aromatic carbocycles. The number of carbonyl (C=O) groups excluding carboxylic acids is 1. The number of benzene rings is 1. The van der Waals surface area contributed by atoms with Crippen molar-refractivity contribution in [3.63, 3.8) is 0 Å². The summed E-state index contributed by atoms with van der Waals surface area (Å²) in [6, 6.07) is 6.40. The van der Waals surface area contributed by atoms with Crippen LogP contribution in [-0.4, -0.2) is 23.4 Å². The van der Waals surface area contributed by atoms with Gasteiger partial charge >= 0.3 is 0 Å². The van der Waals surface area contributed by atoms with Crippen LogP contribution >= 0.6 is 0 Å². The van der Waals surface area contributed by atoms with Crippen molar-refractivity contribution in [3.05, 3.63) is 34.9 Å². The number of hydrogen-bond donors (Lipinski definition) is 1. The molecule has 18 heavy (non-hydrogen) atoms. The third kappa shape index (κ3) is 2.91. The van der Waals surface area contributed by atoms with Crippen molar-refractivity contribution in [1.82, 2.24) is 4.90 Å². The molecule has 1 fully saturated rings. The third-order valence-corrected chi connectivity index (χ3v) is 3.82. The average Bonchev–Trinajstić information content (AvgIpc) is 2.34. The number of carbonyl (C=O) groups is 1. The second kappa shape index (κ2) is 5.53. The minimum atomic E-state index is -0.181. The van der Waals surface area contributed by atoms with Gasteiger partial charge in [-0.25, -0.2) is 0 Å². The third-order valence-electron chi connectivity index (χ3n) is 3.82. The number of nitrogens with two attached hydrogens (primary N) is 1. The van der Waals surface area contributed by atoms with E-state index in [0.29, 0.717) is 0 Å². The molecule has 1 amide bonds. The van der Waals surface area contributed by atoms with Crippen LogP contribution in [0.4, 0.5) is 0 Å². The van der Waals surface area contributed by atoms with Crippen molar-refractivity contribution in [2.45, 2.75) is 45.7 Å². The van der Waals surface area contributed by atoms with E-state index in [1.54, 1.807) is 0 Å². The predicted octanol–water partition coefficient (Wildman–Crippen LogP) is 2.14. The lowest BCUT2D eigenvalue weighted by Gasteiger charge is -2.34. The van der Waals surface area contributed by atoms with Crippen molar-refractivity contribution >= 4 is 5.91 Å². The zero-order chi connectivity index (χ0) is 13.1. The van der Waals surface area contributed by atoms with Crippen LogP contribution in [-0.2, 0) is 11.3 Å². The van der Waals surface area contributed by atoms with Gasteiger partial charge in [-0.2, -0.15) is 0 Å². The van der Waals surface area contributed by atoms with E-state index in [0.717, 1.165) is 32.4 Å². The van der Waals surface area contributed by atoms with Gasteiger partial charge in [0.1, 0.15) is 0 Å². The summed E-state index contributed by atoms with van der Waals surface area (Å²) in [4.78, 5) is 13.7. The van der Waals surface area contributed by atoms with E-state index in [9.17, 15) is 4.79 Å². The lowest BCUT2D eigenvalue weighted by molar-refractivity contribution is -0.124. The lowest BCUT2D eigenvalue weighted by atomic mass is 9.99. The van der Waals surface area contributed by atoms with Gasteiger partial charge in [-0.1, -0.05) is 30.2 Å². The fourth-order valence-electron chi connectivity index (χ4n) is 2.69. The second-order valence-corrected chi connectivity index (χ2v) is 5.31. The number of likely N-dealkylation sites (tertiary alicyclic amines) is 1. The second-order valence-electron chi connectivity index (χ2n) is 5.31. The number of rotatable bonds is 3. The van der Waals surface area contributed by atoms with Crippen LogP contribution in [0.25, 0.3) is 0 Å². The fraction of sp³-hybridized carbons (Fsp3) is 0.533. The largest absolute Gasteiger partial charge is 0.368 e. The lowest BCUT2D eigenvalue weighted by Crippen LogP contribution is -2.47. The Hall–Kier alpha value is -1.35. The first-order valence-electron chi connectivity index (χ1n) is 6.67. The summed E-state index contributed by atoms with van der Waals surface area (Å²) < 4.78 is 0. The molecule has 1 saturated heterocycles. The van der Waals surface area contributed by atoms with E-state index in [4.69, 9.17) is 5.73 Å². The number of primary amides is 1. The van der Waals surface area contributed by atoms with E-state index in [-0.39, 0.29) is 11.9 Å². The van der Waals surface area contributed by atoms with Crippen LogP contribution in [0.3, 0.4) is 0 Å². The number of hydrogen-bond acceptors (Lipinski definition) is 2. The Labute approximate surface area is 109 Å². The molecule has 2 rings (SSSR count). The average molecular weight is 246 g/mol. The molecule has 0 radical (unpaired) electrons. The number of nitrogens with zero attached hydrogens (tertiary/aromatic N) is 1. The maximum Gasteiger partial charge on any atom is 0.234 e. The van der Waals surface area contributed by atoms with Gasteiger partial charge < -0.3 is 5.73 Å². The molecule has 0 unspecified atom stereocenters. The highest BCUT2D eigenvalue weighted by atomic mass is 16.1. The van der Waals surface area contributed by atoms with Gasteiger partial charge in [0, 0.05) is 6.54 Å². The molecule has 0 aliphatic carbocycles. The number of aryl methyl sites for hydroxylation is 2. The molecule has 1 aromatic rings. The monoisotopic (exact) mass is 246 g/mol. The quantitative estimate of drug-likeness (QED) is 0.888. The van der Waals surface area contributed by atoms with Gasteiger partial charge in [0.25, 0.3) is 0 Å². The van der Waals surface area contributed by atoms with E-state index >= 15 is 0 Å². The first kappa shape index (κ1) is 13.1. The van der Waals surface area contributed by atoms with E-state index in [1.807, 2.05) is 0 Å². The van der Waals surface area contributed by atoms with E-state index < -0.39 is 0 Å². The van der Waals surface area contributed by atoms with Gasteiger partial charge in [0.2, 0.25) is 5.91 Å². The fourth-order valence-corrected chi connectivity index (χ4v) is 2.69. The summed E-state index contributed by atoms with van der Waals surface area (Å²) in [6.07, 6.45) is 3.17. The minimum Gasteiger partial charge on any atom is -0.368 e. The summed E-state index contributed by atoms with van der Waals surface area (Å²) in [6.45, 7) is 6.03. The highest BCUT2D eigenvalue weighted by molar-refractivity contribution is 5.79. The normalized spacial score (nSPS) is 20.9. The van der Waals surface area contributed by atoms with Crippen LogP contribution in [0.5, 0.6) is 0 Å². The first-order chi connectivity index (χ1) is 8.58. The summed E-state index contributed by atoms with van der Waals surface area (Å²) >= 11 is 0. The van der Waals surface area contributed by atoms with Crippen molar-refractivity contribution in [3.8, 4) is 0 Å². The van der Waals surface area contributed by atoms with Crippen LogP contribution in [0.15, 0.2) is 18.2 Å². The SMILES string of the molecule is Cc1ccc(C)c(CN2CCCC[C@H]2C(N)=O)c1. The first-order valence-corrected chi connectivity index (χ1v) is 6.67. The Balaban J connectivity index is 2.15. The molecule has 1 aliphatic rings.